The first-order valence-corrected chi connectivity index (χ1v) is 11.0. The van der Waals surface area contributed by atoms with E-state index in [1.807, 2.05) is 25.7 Å². The predicted molar refractivity (Wildman–Crippen MR) is 111 cm³/mol. The lowest BCUT2D eigenvalue weighted by Crippen LogP contribution is -2.53. The van der Waals surface area contributed by atoms with Crippen molar-refractivity contribution in [1.82, 2.24) is 14.9 Å². The molecule has 1 aromatic heterocycles. The molecule has 3 unspecified atom stereocenters. The van der Waals surface area contributed by atoms with Crippen LogP contribution in [0.5, 0.6) is 0 Å². The third-order valence-electron chi connectivity index (χ3n) is 6.78. The average Bonchev–Trinajstić information content (AvgIpc) is 2.97. The minimum Gasteiger partial charge on any atom is -0.444 e. The number of rotatable bonds is 3. The molecule has 8 heteroatoms. The fraction of sp³-hybridized carbons (Fsp3) is 0.773. The van der Waals surface area contributed by atoms with Crippen molar-refractivity contribution in [3.05, 3.63) is 18.2 Å². The highest BCUT2D eigenvalue weighted by Crippen LogP contribution is 2.45. The maximum atomic E-state index is 13.2. The fourth-order valence-electron chi connectivity index (χ4n) is 5.56. The highest BCUT2D eigenvalue weighted by atomic mass is 19.1. The molecule has 0 saturated carbocycles. The van der Waals surface area contributed by atoms with Gasteiger partial charge in [0.25, 0.3) is 0 Å². The smallest absolute Gasteiger partial charge is 0.410 e. The first-order valence-electron chi connectivity index (χ1n) is 11.0. The number of piperidine rings is 2. The zero-order valence-corrected chi connectivity index (χ0v) is 18.4. The molecule has 0 spiro atoms. The van der Waals surface area contributed by atoms with Crippen LogP contribution in [0.15, 0.2) is 12.4 Å². The molecule has 0 aliphatic carbocycles. The molecule has 1 amide bonds. The average molecular weight is 421 g/mol. The Labute approximate surface area is 177 Å². The van der Waals surface area contributed by atoms with E-state index in [4.69, 9.17) is 9.47 Å². The van der Waals surface area contributed by atoms with Crippen molar-refractivity contribution >= 4 is 12.0 Å². The third kappa shape index (κ3) is 4.38. The predicted octanol–water partition coefficient (Wildman–Crippen LogP) is 3.64. The molecule has 2 bridgehead atoms. The summed E-state index contributed by atoms with van der Waals surface area (Å²) >= 11 is 0. The van der Waals surface area contributed by atoms with Crippen molar-refractivity contribution in [2.24, 2.45) is 11.8 Å². The molecule has 166 valence electrons. The zero-order chi connectivity index (χ0) is 21.5. The van der Waals surface area contributed by atoms with Gasteiger partial charge in [-0.3, -0.25) is 0 Å². The Bertz CT molecular complexity index is 740. The molecule has 3 aliphatic rings. The van der Waals surface area contributed by atoms with Gasteiger partial charge >= 0.3 is 6.09 Å². The highest BCUT2D eigenvalue weighted by Gasteiger charge is 2.48. The number of nitrogens with zero attached hydrogens (tertiary/aromatic N) is 4. The van der Waals surface area contributed by atoms with Crippen LogP contribution in [0.25, 0.3) is 0 Å². The van der Waals surface area contributed by atoms with Gasteiger partial charge in [0.15, 0.2) is 5.82 Å². The second kappa shape index (κ2) is 8.29. The molecule has 4 rings (SSSR count). The molecular formula is C22H33FN4O3. The van der Waals surface area contributed by atoms with Crippen LogP contribution < -0.4 is 4.90 Å². The van der Waals surface area contributed by atoms with Gasteiger partial charge in [0, 0.05) is 32.3 Å². The molecule has 3 fully saturated rings. The number of carbonyl (C=O) groups is 1. The summed E-state index contributed by atoms with van der Waals surface area (Å²) in [6, 6.07) is 0.527. The summed E-state index contributed by atoms with van der Waals surface area (Å²) in [5.41, 5.74) is -0.468. The summed E-state index contributed by atoms with van der Waals surface area (Å²) in [7, 11) is 1.76. The van der Waals surface area contributed by atoms with E-state index < -0.39 is 11.4 Å². The summed E-state index contributed by atoms with van der Waals surface area (Å²) < 4.78 is 24.7. The minimum atomic E-state index is -0.468. The van der Waals surface area contributed by atoms with E-state index in [1.165, 1.54) is 12.4 Å². The lowest BCUT2D eigenvalue weighted by atomic mass is 9.75. The fourth-order valence-corrected chi connectivity index (χ4v) is 5.56. The van der Waals surface area contributed by atoms with Gasteiger partial charge in [-0.1, -0.05) is 0 Å². The van der Waals surface area contributed by atoms with Gasteiger partial charge in [-0.25, -0.2) is 19.2 Å². The van der Waals surface area contributed by atoms with Crippen LogP contribution in [0, 0.1) is 17.7 Å². The molecule has 5 atom stereocenters. The maximum Gasteiger partial charge on any atom is 0.410 e. The van der Waals surface area contributed by atoms with E-state index in [0.29, 0.717) is 24.3 Å². The Hall–Kier alpha value is -1.96. The lowest BCUT2D eigenvalue weighted by molar-refractivity contribution is -0.0266. The molecule has 0 radical (unpaired) electrons. The van der Waals surface area contributed by atoms with Gasteiger partial charge in [-0.2, -0.15) is 0 Å². The van der Waals surface area contributed by atoms with E-state index in [0.717, 1.165) is 38.6 Å². The second-order valence-electron chi connectivity index (χ2n) is 9.88. The number of fused-ring (bicyclic) bond motifs is 2. The monoisotopic (exact) mass is 420 g/mol. The van der Waals surface area contributed by atoms with Crippen molar-refractivity contribution < 1.29 is 18.7 Å². The number of hydrogen-bond donors (Lipinski definition) is 0. The molecule has 0 aromatic carbocycles. The number of aromatic nitrogens is 2. The molecule has 30 heavy (non-hydrogen) atoms. The Kier molecular flexibility index (Phi) is 5.88. The summed E-state index contributed by atoms with van der Waals surface area (Å²) in [6.07, 6.45) is 7.43. The minimum absolute atomic E-state index is 0.0740. The van der Waals surface area contributed by atoms with E-state index >= 15 is 0 Å². The molecule has 7 nitrogen and oxygen atoms in total. The number of amides is 1. The summed E-state index contributed by atoms with van der Waals surface area (Å²) in [5.74, 6) is 1.10. The second-order valence-corrected chi connectivity index (χ2v) is 9.88. The molecule has 4 heterocycles. The summed E-state index contributed by atoms with van der Waals surface area (Å²) in [5, 5.41) is 0. The lowest BCUT2D eigenvalue weighted by Gasteiger charge is -2.46. The molecule has 1 aromatic rings. The van der Waals surface area contributed by atoms with Gasteiger partial charge in [-0.15, -0.1) is 0 Å². The van der Waals surface area contributed by atoms with Crippen molar-refractivity contribution in [3.8, 4) is 0 Å². The molecular weight excluding hydrogens is 387 g/mol. The first-order chi connectivity index (χ1) is 14.2. The van der Waals surface area contributed by atoms with Crippen LogP contribution in [0.3, 0.4) is 0 Å². The largest absolute Gasteiger partial charge is 0.444 e. The number of carbonyl (C=O) groups excluding carboxylic acids is 1. The van der Waals surface area contributed by atoms with Crippen molar-refractivity contribution in [2.75, 3.05) is 25.1 Å². The van der Waals surface area contributed by atoms with E-state index in [1.54, 1.807) is 7.11 Å². The number of hydrogen-bond acceptors (Lipinski definition) is 6. The van der Waals surface area contributed by atoms with Crippen molar-refractivity contribution in [3.63, 3.8) is 0 Å². The van der Waals surface area contributed by atoms with Crippen molar-refractivity contribution in [2.45, 2.75) is 76.7 Å². The normalized spacial score (nSPS) is 31.7. The van der Waals surface area contributed by atoms with Crippen LogP contribution in [0.4, 0.5) is 15.1 Å². The zero-order valence-electron chi connectivity index (χ0n) is 18.4. The van der Waals surface area contributed by atoms with Gasteiger partial charge in [0.2, 0.25) is 5.95 Å². The molecule has 3 aliphatic heterocycles. The summed E-state index contributed by atoms with van der Waals surface area (Å²) in [4.78, 5) is 25.1. The number of ether oxygens (including phenoxy) is 2. The topological polar surface area (TPSA) is 67.8 Å². The van der Waals surface area contributed by atoms with E-state index in [9.17, 15) is 9.18 Å². The third-order valence-corrected chi connectivity index (χ3v) is 6.78. The van der Waals surface area contributed by atoms with E-state index in [-0.39, 0.29) is 24.3 Å². The van der Waals surface area contributed by atoms with Gasteiger partial charge < -0.3 is 19.3 Å². The standard InChI is InChI=1S/C22H33FN4O3/c1-22(2,3)30-21(28)27-16-5-6-17(27)10-14(9-16)18-7-8-26(13-19(18)29-4)20-24-11-15(23)12-25-20/h11-12,14,16-19H,5-10,13H2,1-4H3/t14?,16-,17+,18?,19?. The number of halogens is 1. The number of methoxy groups -OCH3 is 1. The van der Waals surface area contributed by atoms with Crippen LogP contribution >= 0.6 is 0 Å². The van der Waals surface area contributed by atoms with E-state index in [2.05, 4.69) is 14.9 Å². The first kappa shape index (κ1) is 21.3. The summed E-state index contributed by atoms with van der Waals surface area (Å²) in [6.45, 7) is 7.29. The highest BCUT2D eigenvalue weighted by molar-refractivity contribution is 5.69. The van der Waals surface area contributed by atoms with Gasteiger partial charge in [0.05, 0.1) is 18.5 Å². The van der Waals surface area contributed by atoms with Crippen LogP contribution in [-0.4, -0.2) is 64.9 Å². The van der Waals surface area contributed by atoms with Crippen LogP contribution in [-0.2, 0) is 9.47 Å². The van der Waals surface area contributed by atoms with Crippen molar-refractivity contribution in [1.29, 1.82) is 0 Å². The number of anilines is 1. The quantitative estimate of drug-likeness (QED) is 0.744. The Morgan fingerprint density at radius 1 is 1.13 bits per heavy atom. The van der Waals surface area contributed by atoms with Gasteiger partial charge in [-0.05, 0) is 64.7 Å². The van der Waals surface area contributed by atoms with Gasteiger partial charge in [0.1, 0.15) is 5.60 Å². The van der Waals surface area contributed by atoms with Crippen LogP contribution in [0.2, 0.25) is 0 Å². The maximum absolute atomic E-state index is 13.2. The Balaban J connectivity index is 1.41. The Morgan fingerprint density at radius 2 is 1.77 bits per heavy atom. The Morgan fingerprint density at radius 3 is 2.33 bits per heavy atom. The SMILES string of the molecule is COC1CN(c2ncc(F)cn2)CCC1C1C[C@H]2CC[C@@H](C1)N2C(=O)OC(C)(C)C. The molecule has 3 saturated heterocycles. The van der Waals surface area contributed by atoms with Crippen LogP contribution in [0.1, 0.15) is 52.9 Å². The molecule has 0 N–H and O–H groups in total.